The van der Waals surface area contributed by atoms with E-state index in [0.29, 0.717) is 11.1 Å². The molecular formula is C30H24N2O8. The molecule has 202 valence electrons. The van der Waals surface area contributed by atoms with Crippen LogP contribution in [0.15, 0.2) is 84.9 Å². The molecule has 0 spiro atoms. The lowest BCUT2D eigenvalue weighted by Gasteiger charge is -2.10. The van der Waals surface area contributed by atoms with Gasteiger partial charge in [0.15, 0.2) is 0 Å². The monoisotopic (exact) mass is 540 g/mol. The van der Waals surface area contributed by atoms with E-state index in [4.69, 9.17) is 0 Å². The van der Waals surface area contributed by atoms with Gasteiger partial charge in [0.2, 0.25) is 0 Å². The van der Waals surface area contributed by atoms with Crippen LogP contribution in [0.5, 0.6) is 11.5 Å². The van der Waals surface area contributed by atoms with E-state index in [0.717, 1.165) is 11.1 Å². The van der Waals surface area contributed by atoms with E-state index in [9.17, 15) is 29.4 Å². The van der Waals surface area contributed by atoms with Crippen LogP contribution in [0.3, 0.4) is 0 Å². The fourth-order valence-corrected chi connectivity index (χ4v) is 3.78. The van der Waals surface area contributed by atoms with Gasteiger partial charge in [-0.3, -0.25) is 9.59 Å². The van der Waals surface area contributed by atoms with Gasteiger partial charge in [-0.1, -0.05) is 24.3 Å². The second-order valence-corrected chi connectivity index (χ2v) is 8.51. The van der Waals surface area contributed by atoms with E-state index >= 15 is 0 Å². The molecule has 0 saturated carbocycles. The number of benzene rings is 4. The van der Waals surface area contributed by atoms with Crippen molar-refractivity contribution in [2.45, 2.75) is 0 Å². The second kappa shape index (κ2) is 11.8. The Hall–Kier alpha value is -5.64. The highest BCUT2D eigenvalue weighted by Crippen LogP contribution is 2.27. The Labute approximate surface area is 228 Å². The van der Waals surface area contributed by atoms with Gasteiger partial charge in [0, 0.05) is 11.1 Å². The lowest BCUT2D eigenvalue weighted by molar-refractivity contribution is 0.0591. The molecule has 0 unspecified atom stereocenters. The topological polar surface area (TPSA) is 151 Å². The molecule has 0 aromatic heterocycles. The molecule has 0 saturated heterocycles. The van der Waals surface area contributed by atoms with Crippen molar-refractivity contribution < 1.29 is 38.9 Å². The molecule has 0 radical (unpaired) electrons. The van der Waals surface area contributed by atoms with Crippen molar-refractivity contribution in [2.24, 2.45) is 0 Å². The summed E-state index contributed by atoms with van der Waals surface area (Å²) in [6.45, 7) is 0. The maximum atomic E-state index is 12.7. The van der Waals surface area contributed by atoms with Crippen LogP contribution in [0.1, 0.15) is 41.4 Å². The zero-order valence-corrected chi connectivity index (χ0v) is 21.4. The predicted molar refractivity (Wildman–Crippen MR) is 147 cm³/mol. The minimum absolute atomic E-state index is 0.142. The third-order valence-corrected chi connectivity index (χ3v) is 5.96. The van der Waals surface area contributed by atoms with Gasteiger partial charge in [-0.15, -0.1) is 0 Å². The predicted octanol–water partition coefficient (Wildman–Crippen LogP) is 4.84. The first-order valence-corrected chi connectivity index (χ1v) is 11.9. The highest BCUT2D eigenvalue weighted by molar-refractivity contribution is 6.06. The highest BCUT2D eigenvalue weighted by Gasteiger charge is 2.14. The summed E-state index contributed by atoms with van der Waals surface area (Å²) in [6.07, 6.45) is 0. The number of esters is 2. The average molecular weight is 541 g/mol. The molecule has 4 aromatic rings. The molecule has 10 heteroatoms. The van der Waals surface area contributed by atoms with Gasteiger partial charge < -0.3 is 30.3 Å². The Morgan fingerprint density at radius 3 is 1.15 bits per heavy atom. The van der Waals surface area contributed by atoms with E-state index in [1.165, 1.54) is 50.6 Å². The lowest BCUT2D eigenvalue weighted by Crippen LogP contribution is -2.12. The van der Waals surface area contributed by atoms with Crippen molar-refractivity contribution in [3.63, 3.8) is 0 Å². The van der Waals surface area contributed by atoms with Crippen LogP contribution < -0.4 is 10.6 Å². The Balaban J connectivity index is 1.40. The van der Waals surface area contributed by atoms with Crippen molar-refractivity contribution >= 4 is 35.1 Å². The van der Waals surface area contributed by atoms with Crippen molar-refractivity contribution in [1.29, 1.82) is 0 Å². The number of nitrogens with one attached hydrogen (secondary N) is 2. The number of hydrogen-bond acceptors (Lipinski definition) is 8. The van der Waals surface area contributed by atoms with Crippen LogP contribution in [-0.2, 0) is 9.47 Å². The number of phenolic OH excluding ortho intramolecular Hbond substituents is 2. The summed E-state index contributed by atoms with van der Waals surface area (Å²) in [7, 11) is 2.46. The SMILES string of the molecule is COC(=O)c1ccc(NC(=O)c2ccc(-c3ccc(C(=O)Nc4ccc(C(=O)OC)cc4O)cc3)cc2)c(O)c1. The van der Waals surface area contributed by atoms with E-state index in [2.05, 4.69) is 20.1 Å². The van der Waals surface area contributed by atoms with Crippen LogP contribution in [0.25, 0.3) is 11.1 Å². The van der Waals surface area contributed by atoms with E-state index in [1.54, 1.807) is 48.5 Å². The number of carbonyl (C=O) groups excluding carboxylic acids is 4. The first-order chi connectivity index (χ1) is 19.2. The third kappa shape index (κ3) is 6.08. The molecule has 0 atom stereocenters. The summed E-state index contributed by atoms with van der Waals surface area (Å²) < 4.78 is 9.22. The van der Waals surface area contributed by atoms with Crippen molar-refractivity contribution in [3.05, 3.63) is 107 Å². The van der Waals surface area contributed by atoms with Crippen LogP contribution in [0, 0.1) is 0 Å². The number of hydrogen-bond donors (Lipinski definition) is 4. The number of amides is 2. The molecule has 4 aromatic carbocycles. The smallest absolute Gasteiger partial charge is 0.337 e. The molecule has 0 fully saturated rings. The molecule has 0 aliphatic rings. The number of aromatic hydroxyl groups is 2. The van der Waals surface area contributed by atoms with Gasteiger partial charge in [0.05, 0.1) is 36.7 Å². The average Bonchev–Trinajstić information content (AvgIpc) is 2.98. The third-order valence-electron chi connectivity index (χ3n) is 5.96. The molecular weight excluding hydrogens is 516 g/mol. The summed E-state index contributed by atoms with van der Waals surface area (Å²) in [4.78, 5) is 48.5. The first kappa shape index (κ1) is 27.4. The molecule has 0 heterocycles. The first-order valence-electron chi connectivity index (χ1n) is 11.9. The molecule has 0 aliphatic carbocycles. The highest BCUT2D eigenvalue weighted by atomic mass is 16.5. The Bertz CT molecular complexity index is 1470. The van der Waals surface area contributed by atoms with Gasteiger partial charge in [-0.05, 0) is 71.8 Å². The van der Waals surface area contributed by atoms with Gasteiger partial charge in [0.1, 0.15) is 11.5 Å². The maximum absolute atomic E-state index is 12.7. The van der Waals surface area contributed by atoms with Crippen LogP contribution in [0.4, 0.5) is 11.4 Å². The number of methoxy groups -OCH3 is 2. The van der Waals surface area contributed by atoms with Gasteiger partial charge in [-0.2, -0.15) is 0 Å². The standard InChI is InChI=1S/C30H24N2O8/c1-39-29(37)21-11-13-23(25(33)15-21)31-27(35)19-7-3-17(4-8-19)18-5-9-20(10-6-18)28(36)32-24-14-12-22(16-26(24)34)30(38)40-2/h3-16,33-34H,1-2H3,(H,31,35)(H,32,36). The van der Waals surface area contributed by atoms with Gasteiger partial charge >= 0.3 is 11.9 Å². The number of ether oxygens (including phenoxy) is 2. The second-order valence-electron chi connectivity index (χ2n) is 8.51. The quantitative estimate of drug-likeness (QED) is 0.192. The summed E-state index contributed by atoms with van der Waals surface area (Å²) in [5.74, 6) is -2.67. The zero-order valence-electron chi connectivity index (χ0n) is 21.4. The lowest BCUT2D eigenvalue weighted by atomic mass is 10.0. The zero-order chi connectivity index (χ0) is 28.8. The van der Waals surface area contributed by atoms with Crippen molar-refractivity contribution in [3.8, 4) is 22.6 Å². The molecule has 2 amide bonds. The molecule has 10 nitrogen and oxygen atoms in total. The van der Waals surface area contributed by atoms with Crippen LogP contribution in [-0.4, -0.2) is 48.2 Å². The summed E-state index contributed by atoms with van der Waals surface area (Å²) in [5.41, 5.74) is 2.86. The fourth-order valence-electron chi connectivity index (χ4n) is 3.78. The summed E-state index contributed by atoms with van der Waals surface area (Å²) >= 11 is 0. The Morgan fingerprint density at radius 2 is 0.850 bits per heavy atom. The number of anilines is 2. The van der Waals surface area contributed by atoms with Crippen molar-refractivity contribution in [2.75, 3.05) is 24.9 Å². The Kier molecular flexibility index (Phi) is 8.10. The molecule has 40 heavy (non-hydrogen) atoms. The molecule has 0 aliphatic heterocycles. The van der Waals surface area contributed by atoms with E-state index in [1.807, 2.05) is 0 Å². The van der Waals surface area contributed by atoms with Crippen LogP contribution >= 0.6 is 0 Å². The number of carbonyl (C=O) groups is 4. The summed E-state index contributed by atoms with van der Waals surface area (Å²) in [5, 5.41) is 25.5. The van der Waals surface area contributed by atoms with Crippen molar-refractivity contribution in [1.82, 2.24) is 0 Å². The Morgan fingerprint density at radius 1 is 0.525 bits per heavy atom. The van der Waals surface area contributed by atoms with Gasteiger partial charge in [-0.25, -0.2) is 9.59 Å². The maximum Gasteiger partial charge on any atom is 0.337 e. The summed E-state index contributed by atoms with van der Waals surface area (Å²) in [6, 6.07) is 21.5. The van der Waals surface area contributed by atoms with Crippen LogP contribution in [0.2, 0.25) is 0 Å². The number of phenols is 2. The van der Waals surface area contributed by atoms with E-state index < -0.39 is 23.8 Å². The largest absolute Gasteiger partial charge is 0.506 e. The molecule has 0 bridgehead atoms. The minimum Gasteiger partial charge on any atom is -0.506 e. The normalized spacial score (nSPS) is 10.3. The van der Waals surface area contributed by atoms with Gasteiger partial charge in [0.25, 0.3) is 11.8 Å². The molecule has 4 N–H and O–H groups in total. The molecule has 4 rings (SSSR count). The van der Waals surface area contributed by atoms with E-state index in [-0.39, 0.29) is 34.0 Å². The fraction of sp³-hybridized carbons (Fsp3) is 0.0667. The number of rotatable bonds is 7. The minimum atomic E-state index is -0.608.